The van der Waals surface area contributed by atoms with Gasteiger partial charge in [-0.25, -0.2) is 0 Å². The molecule has 12 heavy (non-hydrogen) atoms. The van der Waals surface area contributed by atoms with Gasteiger partial charge in [0.05, 0.1) is 7.11 Å². The summed E-state index contributed by atoms with van der Waals surface area (Å²) in [6.07, 6.45) is 0. The molecule has 0 aliphatic heterocycles. The van der Waals surface area contributed by atoms with E-state index in [0.717, 1.165) is 0 Å². The maximum atomic E-state index is 11.7. The van der Waals surface area contributed by atoms with Gasteiger partial charge in [0.15, 0.2) is 11.5 Å². The predicted octanol–water partition coefficient (Wildman–Crippen LogP) is 2.19. The minimum Gasteiger partial charge on any atom is -0.493 e. The van der Waals surface area contributed by atoms with Crippen LogP contribution in [0.5, 0.6) is 11.5 Å². The monoisotopic (exact) mass is 189 g/mol. The molecule has 0 saturated heterocycles. The number of anilines is 1. The molecule has 0 saturated carbocycles. The lowest BCUT2D eigenvalue weighted by Crippen LogP contribution is -1.90. The summed E-state index contributed by atoms with van der Waals surface area (Å²) >= 11 is -0.231. The van der Waals surface area contributed by atoms with Gasteiger partial charge in [-0.2, -0.15) is 0 Å². The van der Waals surface area contributed by atoms with Crippen LogP contribution in [0.3, 0.4) is 0 Å². The first kappa shape index (κ1) is 8.99. The Morgan fingerprint density at radius 3 is 2.75 bits per heavy atom. The molecule has 0 radical (unpaired) electrons. The van der Waals surface area contributed by atoms with Gasteiger partial charge in [-0.3, -0.25) is 0 Å². The van der Waals surface area contributed by atoms with Crippen LogP contribution < -0.4 is 14.7 Å². The van der Waals surface area contributed by atoms with E-state index in [-0.39, 0.29) is 12.4 Å². The van der Waals surface area contributed by atoms with E-state index in [0.29, 0.717) is 17.2 Å². The van der Waals surface area contributed by atoms with E-state index >= 15 is 0 Å². The maximum absolute atomic E-state index is 11.7. The van der Waals surface area contributed by atoms with Crippen LogP contribution in [0.2, 0.25) is 0 Å². The molecule has 1 rings (SSSR count). The van der Waals surface area contributed by atoms with Gasteiger partial charge in [-0.1, -0.05) is 0 Å². The van der Waals surface area contributed by atoms with E-state index in [1.165, 1.54) is 7.11 Å². The van der Waals surface area contributed by atoms with Crippen molar-refractivity contribution in [3.63, 3.8) is 0 Å². The van der Waals surface area contributed by atoms with Crippen LogP contribution in [-0.4, -0.2) is 7.11 Å². The smallest absolute Gasteiger partial charge is 0.272 e. The molecule has 66 valence electrons. The number of ether oxygens (including phenoxy) is 1. The lowest BCUT2D eigenvalue weighted by Gasteiger charge is -2.06. The molecule has 0 spiro atoms. The lowest BCUT2D eigenvalue weighted by molar-refractivity contribution is 0.398. The van der Waals surface area contributed by atoms with Crippen molar-refractivity contribution in [1.82, 2.24) is 0 Å². The zero-order valence-electron chi connectivity index (χ0n) is 6.41. The second kappa shape index (κ2) is 4.06. The Labute approximate surface area is 74.2 Å². The topological polar surface area (TPSA) is 44.5 Å². The molecule has 0 amide bonds. The van der Waals surface area contributed by atoms with E-state index < -0.39 is 0 Å². The average Bonchev–Trinajstić information content (AvgIpc) is 2.08. The first-order valence-electron chi connectivity index (χ1n) is 3.16. The number of rotatable bonds is 3. The largest absolute Gasteiger partial charge is 0.493 e. The number of benzene rings is 1. The Morgan fingerprint density at radius 1 is 1.42 bits per heavy atom. The molecule has 1 aromatic rings. The van der Waals surface area contributed by atoms with E-state index in [1.54, 1.807) is 18.2 Å². The number of hydrogen-bond donors (Lipinski definition) is 1. The van der Waals surface area contributed by atoms with Crippen molar-refractivity contribution in [2.75, 3.05) is 12.8 Å². The van der Waals surface area contributed by atoms with Crippen molar-refractivity contribution < 1.29 is 12.8 Å². The molecule has 3 nitrogen and oxygen atoms in total. The summed E-state index contributed by atoms with van der Waals surface area (Å²) in [5.41, 5.74) is 6.01. The zero-order valence-corrected chi connectivity index (χ0v) is 7.23. The van der Waals surface area contributed by atoms with Crippen molar-refractivity contribution >= 4 is 18.1 Å². The number of nitrogen functional groups attached to an aromatic ring is 1. The molecule has 0 fully saturated rings. The molecule has 5 heteroatoms. The Bertz CT molecular complexity index is 270. The fraction of sp³-hybridized carbons (Fsp3) is 0.143. The van der Waals surface area contributed by atoms with Crippen LogP contribution in [0.4, 0.5) is 9.57 Å². The lowest BCUT2D eigenvalue weighted by atomic mass is 10.3. The summed E-state index contributed by atoms with van der Waals surface area (Å²) < 4.78 is 21.1. The Balaban J connectivity index is 2.94. The second-order valence-corrected chi connectivity index (χ2v) is 2.35. The van der Waals surface area contributed by atoms with Gasteiger partial charge in [0, 0.05) is 11.8 Å². The highest BCUT2D eigenvalue weighted by Crippen LogP contribution is 2.31. The fourth-order valence-electron chi connectivity index (χ4n) is 0.787. The highest BCUT2D eigenvalue weighted by Gasteiger charge is 2.04. The molecule has 0 unspecified atom stereocenters. The molecule has 0 aliphatic carbocycles. The minimum absolute atomic E-state index is 0.231. The maximum Gasteiger partial charge on any atom is 0.272 e. The van der Waals surface area contributed by atoms with Crippen LogP contribution in [0.15, 0.2) is 18.2 Å². The number of nitrogens with two attached hydrogens (primary N) is 1. The summed E-state index contributed by atoms with van der Waals surface area (Å²) in [5.74, 6) is 0.736. The molecular formula is C7H8FNO2S. The third-order valence-electron chi connectivity index (χ3n) is 1.31. The summed E-state index contributed by atoms with van der Waals surface area (Å²) in [6, 6.07) is 4.71. The van der Waals surface area contributed by atoms with E-state index in [9.17, 15) is 3.89 Å². The van der Waals surface area contributed by atoms with Gasteiger partial charge in [-0.05, 0) is 12.1 Å². The van der Waals surface area contributed by atoms with E-state index in [1.807, 2.05) is 0 Å². The van der Waals surface area contributed by atoms with Crippen LogP contribution in [-0.2, 0) is 0 Å². The molecular weight excluding hydrogens is 181 g/mol. The fourth-order valence-corrected chi connectivity index (χ4v) is 0.993. The van der Waals surface area contributed by atoms with Gasteiger partial charge in [0.2, 0.25) is 0 Å². The van der Waals surface area contributed by atoms with Crippen LogP contribution in [0, 0.1) is 0 Å². The summed E-state index contributed by atoms with van der Waals surface area (Å²) in [4.78, 5) is 0. The molecule has 2 N–H and O–H groups in total. The Hall–Kier alpha value is -1.10. The summed E-state index contributed by atoms with van der Waals surface area (Å²) in [7, 11) is 1.46. The zero-order chi connectivity index (χ0) is 8.97. The normalized spacial score (nSPS) is 9.50. The third kappa shape index (κ3) is 1.94. The predicted molar refractivity (Wildman–Crippen MR) is 46.7 cm³/mol. The van der Waals surface area contributed by atoms with E-state index in [2.05, 4.69) is 4.18 Å². The van der Waals surface area contributed by atoms with Gasteiger partial charge < -0.3 is 14.7 Å². The molecule has 0 heterocycles. The summed E-state index contributed by atoms with van der Waals surface area (Å²) in [5, 5.41) is 0. The molecule has 0 aromatic heterocycles. The number of hydrogen-bond acceptors (Lipinski definition) is 4. The third-order valence-corrected chi connectivity index (χ3v) is 1.55. The van der Waals surface area contributed by atoms with Crippen LogP contribution in [0.1, 0.15) is 0 Å². The molecule has 0 atom stereocenters. The highest BCUT2D eigenvalue weighted by molar-refractivity contribution is 7.89. The van der Waals surface area contributed by atoms with Gasteiger partial charge in [-0.15, -0.1) is 3.89 Å². The van der Waals surface area contributed by atoms with Gasteiger partial charge >= 0.3 is 0 Å². The van der Waals surface area contributed by atoms with Gasteiger partial charge in [0.25, 0.3) is 12.4 Å². The van der Waals surface area contributed by atoms with Gasteiger partial charge in [0.1, 0.15) is 0 Å². The number of methoxy groups -OCH3 is 1. The quantitative estimate of drug-likeness (QED) is 0.584. The van der Waals surface area contributed by atoms with Crippen molar-refractivity contribution in [1.29, 1.82) is 0 Å². The average molecular weight is 189 g/mol. The SMILES string of the molecule is COc1cc(N)ccc1OSF. The molecule has 1 aromatic carbocycles. The standard InChI is InChI=1S/C7H8FNO2S/c1-10-7-4-5(9)2-3-6(7)11-12-8/h2-4H,9H2,1H3. The summed E-state index contributed by atoms with van der Waals surface area (Å²) in [6.45, 7) is 0. The highest BCUT2D eigenvalue weighted by atomic mass is 32.2. The molecule has 0 bridgehead atoms. The minimum atomic E-state index is -0.231. The second-order valence-electron chi connectivity index (χ2n) is 2.06. The van der Waals surface area contributed by atoms with Crippen molar-refractivity contribution in [2.45, 2.75) is 0 Å². The first-order chi connectivity index (χ1) is 5.77. The van der Waals surface area contributed by atoms with Crippen molar-refractivity contribution in [2.24, 2.45) is 0 Å². The first-order valence-corrected chi connectivity index (χ1v) is 3.81. The Morgan fingerprint density at radius 2 is 2.17 bits per heavy atom. The van der Waals surface area contributed by atoms with Crippen LogP contribution >= 0.6 is 12.4 Å². The number of halogens is 1. The van der Waals surface area contributed by atoms with E-state index in [4.69, 9.17) is 10.5 Å². The van der Waals surface area contributed by atoms with Crippen LogP contribution in [0.25, 0.3) is 0 Å². The van der Waals surface area contributed by atoms with Crippen molar-refractivity contribution in [3.05, 3.63) is 18.2 Å². The van der Waals surface area contributed by atoms with Crippen molar-refractivity contribution in [3.8, 4) is 11.5 Å². The molecule has 0 aliphatic rings. The Kier molecular flexibility index (Phi) is 3.04.